The summed E-state index contributed by atoms with van der Waals surface area (Å²) in [4.78, 5) is 26.9. The van der Waals surface area contributed by atoms with Gasteiger partial charge in [0.15, 0.2) is 29.0 Å². The predicted octanol–water partition coefficient (Wildman–Crippen LogP) is 3.27. The number of aliphatic hydroxyl groups is 2. The highest BCUT2D eigenvalue weighted by Gasteiger charge is 2.44. The molecule has 5 aromatic rings. The van der Waals surface area contributed by atoms with Crippen LogP contribution in [0.1, 0.15) is 39.5 Å². The fraction of sp³-hybridized carbons (Fsp3) is 0.273. The Hall–Kier alpha value is -4.68. The molecule has 3 heterocycles. The van der Waals surface area contributed by atoms with Gasteiger partial charge in [0, 0.05) is 25.1 Å². The third kappa shape index (κ3) is 6.17. The minimum absolute atomic E-state index is 0.00988. The van der Waals surface area contributed by atoms with E-state index in [9.17, 15) is 15.0 Å². The number of aromatic nitrogens is 4. The number of carbonyl (C=O) groups is 1. The number of nitrogens with one attached hydrogen (secondary N) is 2. The van der Waals surface area contributed by atoms with Crippen molar-refractivity contribution >= 4 is 22.9 Å². The summed E-state index contributed by atoms with van der Waals surface area (Å²) in [6, 6.07) is 29.3. The molecule has 4 atom stereocenters. The van der Waals surface area contributed by atoms with Gasteiger partial charge in [0.25, 0.3) is 5.91 Å². The molecule has 0 spiro atoms. The topological polar surface area (TPSA) is 144 Å². The van der Waals surface area contributed by atoms with Gasteiger partial charge in [-0.1, -0.05) is 78.9 Å². The molecule has 3 aromatic carbocycles. The van der Waals surface area contributed by atoms with Crippen molar-refractivity contribution in [2.24, 2.45) is 0 Å². The molecule has 1 unspecified atom stereocenters. The molecule has 11 nitrogen and oxygen atoms in total. The van der Waals surface area contributed by atoms with Crippen LogP contribution in [0.15, 0.2) is 97.3 Å². The monoisotopic (exact) mass is 594 g/mol. The lowest BCUT2D eigenvalue weighted by Crippen LogP contribution is -2.33. The normalized spacial score (nSPS) is 19.8. The molecule has 4 N–H and O–H groups in total. The molecule has 1 aliphatic rings. The third-order valence-electron chi connectivity index (χ3n) is 7.73. The van der Waals surface area contributed by atoms with E-state index in [1.165, 1.54) is 13.4 Å². The van der Waals surface area contributed by atoms with Crippen LogP contribution in [0.5, 0.6) is 0 Å². The van der Waals surface area contributed by atoms with E-state index in [-0.39, 0.29) is 25.0 Å². The van der Waals surface area contributed by atoms with E-state index in [1.807, 2.05) is 42.5 Å². The second kappa shape index (κ2) is 13.3. The minimum atomic E-state index is -1.24. The van der Waals surface area contributed by atoms with Gasteiger partial charge in [0.2, 0.25) is 0 Å². The first-order chi connectivity index (χ1) is 21.5. The Bertz CT molecular complexity index is 1650. The Morgan fingerprint density at radius 1 is 0.932 bits per heavy atom. The first-order valence-electron chi connectivity index (χ1n) is 14.4. The number of nitrogens with zero attached hydrogens (tertiary/aromatic N) is 4. The van der Waals surface area contributed by atoms with Crippen LogP contribution in [0.3, 0.4) is 0 Å². The van der Waals surface area contributed by atoms with Gasteiger partial charge in [-0.25, -0.2) is 15.0 Å². The molecule has 1 fully saturated rings. The number of carbonyl (C=O) groups excluding carboxylic acids is 1. The second-order valence-corrected chi connectivity index (χ2v) is 10.6. The van der Waals surface area contributed by atoms with Gasteiger partial charge < -0.3 is 30.3 Å². The number of aliphatic hydroxyl groups excluding tert-OH is 2. The summed E-state index contributed by atoms with van der Waals surface area (Å²) in [5.41, 5.74) is 3.64. The quantitative estimate of drug-likeness (QED) is 0.181. The van der Waals surface area contributed by atoms with Crippen LogP contribution in [-0.4, -0.2) is 74.2 Å². The van der Waals surface area contributed by atoms with E-state index in [4.69, 9.17) is 19.4 Å². The molecule has 226 valence electrons. The van der Waals surface area contributed by atoms with Crippen LogP contribution in [0.25, 0.3) is 11.2 Å². The number of ether oxygens (including phenoxy) is 2. The lowest BCUT2D eigenvalue weighted by atomic mass is 9.91. The summed E-state index contributed by atoms with van der Waals surface area (Å²) in [7, 11) is 1.50. The fourth-order valence-corrected chi connectivity index (χ4v) is 5.46. The van der Waals surface area contributed by atoms with Gasteiger partial charge in [-0.2, -0.15) is 0 Å². The Morgan fingerprint density at radius 3 is 2.20 bits per heavy atom. The van der Waals surface area contributed by atoms with E-state index >= 15 is 0 Å². The number of hydrogen-bond donors (Lipinski definition) is 4. The summed E-state index contributed by atoms with van der Waals surface area (Å²) in [5, 5.41) is 27.8. The van der Waals surface area contributed by atoms with Crippen LogP contribution in [-0.2, 0) is 16.0 Å². The van der Waals surface area contributed by atoms with E-state index in [0.717, 1.165) is 11.1 Å². The highest BCUT2D eigenvalue weighted by atomic mass is 16.6. The number of amides is 1. The van der Waals surface area contributed by atoms with E-state index < -0.39 is 24.5 Å². The molecule has 6 rings (SSSR count). The summed E-state index contributed by atoms with van der Waals surface area (Å²) in [6.07, 6.45) is -2.55. The number of anilines is 1. The summed E-state index contributed by atoms with van der Waals surface area (Å²) in [5.74, 6) is 0.556. The Balaban J connectivity index is 1.34. The van der Waals surface area contributed by atoms with E-state index in [2.05, 4.69) is 39.9 Å². The maximum absolute atomic E-state index is 12.8. The molecule has 11 heteroatoms. The van der Waals surface area contributed by atoms with Crippen molar-refractivity contribution in [1.82, 2.24) is 24.8 Å². The molecule has 0 bridgehead atoms. The van der Waals surface area contributed by atoms with E-state index in [1.54, 1.807) is 28.8 Å². The van der Waals surface area contributed by atoms with Crippen molar-refractivity contribution in [3.05, 3.63) is 120 Å². The standard InChI is InChI=1S/C33H34N6O5/c1-43-19-25-28(40)29(41)33(44-25)39-20-36-27-30(34-17-24(21-11-5-2-6-12-21)22-13-7-3-8-14-22)37-26(38-31(27)39)18-35-32(42)23-15-9-4-10-16-23/h2-16,20,24-25,28-29,33,40-41H,17-19H2,1H3,(H,35,42)(H,34,37,38)/t25?,28-,29-,33-/m1/s1. The van der Waals surface area contributed by atoms with Gasteiger partial charge in [-0.15, -0.1) is 0 Å². The van der Waals surface area contributed by atoms with Crippen LogP contribution >= 0.6 is 0 Å². The number of fused-ring (bicyclic) bond motifs is 1. The molecule has 1 amide bonds. The number of hydrogen-bond acceptors (Lipinski definition) is 9. The zero-order valence-electron chi connectivity index (χ0n) is 24.2. The van der Waals surface area contributed by atoms with Crippen LogP contribution < -0.4 is 10.6 Å². The summed E-state index contributed by atoms with van der Waals surface area (Å²) >= 11 is 0. The SMILES string of the molecule is COCC1O[C@@H](n2cnc3c(NCC(c4ccccc4)c4ccccc4)nc(CNC(=O)c4ccccc4)nc32)[C@H](O)[C@@H]1O. The molecule has 44 heavy (non-hydrogen) atoms. The average molecular weight is 595 g/mol. The fourth-order valence-electron chi connectivity index (χ4n) is 5.46. The highest BCUT2D eigenvalue weighted by Crippen LogP contribution is 2.33. The maximum atomic E-state index is 12.8. The largest absolute Gasteiger partial charge is 0.387 e. The number of methoxy groups -OCH3 is 1. The molecule has 0 aliphatic carbocycles. The third-order valence-corrected chi connectivity index (χ3v) is 7.73. The van der Waals surface area contributed by atoms with Gasteiger partial charge in [0.05, 0.1) is 19.5 Å². The lowest BCUT2D eigenvalue weighted by Gasteiger charge is -2.20. The van der Waals surface area contributed by atoms with Crippen molar-refractivity contribution < 1.29 is 24.5 Å². The van der Waals surface area contributed by atoms with Gasteiger partial charge in [0.1, 0.15) is 18.3 Å². The molecule has 2 aromatic heterocycles. The van der Waals surface area contributed by atoms with Crippen LogP contribution in [0.4, 0.5) is 5.82 Å². The first kappa shape index (κ1) is 29.4. The minimum Gasteiger partial charge on any atom is -0.387 e. The van der Waals surface area contributed by atoms with E-state index in [0.29, 0.717) is 34.9 Å². The lowest BCUT2D eigenvalue weighted by molar-refractivity contribution is -0.0580. The molecule has 1 aliphatic heterocycles. The van der Waals surface area contributed by atoms with Crippen LogP contribution in [0, 0.1) is 0 Å². The molecule has 0 saturated carbocycles. The number of rotatable bonds is 11. The van der Waals surface area contributed by atoms with Crippen molar-refractivity contribution in [3.63, 3.8) is 0 Å². The second-order valence-electron chi connectivity index (χ2n) is 10.6. The van der Waals surface area contributed by atoms with Gasteiger partial charge >= 0.3 is 0 Å². The summed E-state index contributed by atoms with van der Waals surface area (Å²) in [6.45, 7) is 0.660. The average Bonchev–Trinajstić information content (AvgIpc) is 3.61. The first-order valence-corrected chi connectivity index (χ1v) is 14.4. The Kier molecular flexibility index (Phi) is 8.89. The molecule has 1 saturated heterocycles. The zero-order valence-corrected chi connectivity index (χ0v) is 24.2. The van der Waals surface area contributed by atoms with Crippen molar-refractivity contribution in [2.75, 3.05) is 25.6 Å². The molecular weight excluding hydrogens is 560 g/mol. The predicted molar refractivity (Wildman–Crippen MR) is 164 cm³/mol. The Morgan fingerprint density at radius 2 is 1.57 bits per heavy atom. The Labute approximate surface area is 254 Å². The molecular formula is C33H34N6O5. The maximum Gasteiger partial charge on any atom is 0.251 e. The number of benzene rings is 3. The molecule has 0 radical (unpaired) electrons. The summed E-state index contributed by atoms with van der Waals surface area (Å²) < 4.78 is 12.7. The van der Waals surface area contributed by atoms with Crippen molar-refractivity contribution in [2.45, 2.75) is 37.0 Å². The smallest absolute Gasteiger partial charge is 0.251 e. The zero-order chi connectivity index (χ0) is 30.5. The van der Waals surface area contributed by atoms with Crippen molar-refractivity contribution in [3.8, 4) is 0 Å². The van der Waals surface area contributed by atoms with Gasteiger partial charge in [-0.3, -0.25) is 9.36 Å². The van der Waals surface area contributed by atoms with Crippen LogP contribution in [0.2, 0.25) is 0 Å². The number of imidazole rings is 1. The van der Waals surface area contributed by atoms with Crippen molar-refractivity contribution in [1.29, 1.82) is 0 Å². The van der Waals surface area contributed by atoms with Gasteiger partial charge in [-0.05, 0) is 23.3 Å². The highest BCUT2D eigenvalue weighted by molar-refractivity contribution is 5.94.